The van der Waals surface area contributed by atoms with Gasteiger partial charge in [-0.2, -0.15) is 0 Å². The van der Waals surface area contributed by atoms with E-state index in [-0.39, 0.29) is 17.7 Å². The number of rotatable bonds is 8. The van der Waals surface area contributed by atoms with Gasteiger partial charge in [-0.3, -0.25) is 20.0 Å². The molecule has 4 rings (SSSR count). The van der Waals surface area contributed by atoms with Crippen molar-refractivity contribution in [2.75, 3.05) is 46.5 Å². The SMILES string of the molecule is COc1ccc(C(=O)N2CCC(c3nc(C(=O)NN(C)c4ccccc4)cs3)CC2)c(OC)c1OC. The third-order valence-corrected chi connectivity index (χ3v) is 7.24. The summed E-state index contributed by atoms with van der Waals surface area (Å²) in [5, 5.41) is 4.38. The number of benzene rings is 2. The zero-order valence-corrected chi connectivity index (χ0v) is 21.6. The summed E-state index contributed by atoms with van der Waals surface area (Å²) in [4.78, 5) is 32.4. The number of likely N-dealkylation sites (tertiary alicyclic amines) is 1. The summed E-state index contributed by atoms with van der Waals surface area (Å²) in [6.07, 6.45) is 1.53. The molecule has 0 spiro atoms. The Morgan fingerprint density at radius 1 is 1.00 bits per heavy atom. The summed E-state index contributed by atoms with van der Waals surface area (Å²) in [5.41, 5.74) is 4.56. The molecule has 1 aromatic heterocycles. The van der Waals surface area contributed by atoms with Crippen LogP contribution in [0.2, 0.25) is 0 Å². The maximum absolute atomic E-state index is 13.3. The van der Waals surface area contributed by atoms with E-state index in [0.29, 0.717) is 41.6 Å². The van der Waals surface area contributed by atoms with E-state index in [1.807, 2.05) is 35.2 Å². The number of hydrazine groups is 1. The lowest BCUT2D eigenvalue weighted by molar-refractivity contribution is 0.0708. The van der Waals surface area contributed by atoms with Crippen molar-refractivity contribution in [3.8, 4) is 17.2 Å². The lowest BCUT2D eigenvalue weighted by Gasteiger charge is -2.31. The molecule has 1 fully saturated rings. The van der Waals surface area contributed by atoms with Gasteiger partial charge >= 0.3 is 0 Å². The second-order valence-corrected chi connectivity index (χ2v) is 9.24. The molecule has 10 heteroatoms. The predicted octanol–water partition coefficient (Wildman–Crippen LogP) is 3.97. The molecule has 0 unspecified atom stereocenters. The van der Waals surface area contributed by atoms with Crippen LogP contribution in [0.15, 0.2) is 47.8 Å². The van der Waals surface area contributed by atoms with E-state index in [0.717, 1.165) is 23.5 Å². The normalized spacial score (nSPS) is 13.7. The van der Waals surface area contributed by atoms with Crippen molar-refractivity contribution in [1.29, 1.82) is 0 Å². The highest BCUT2D eigenvalue weighted by atomic mass is 32.1. The Balaban J connectivity index is 1.38. The first-order valence-electron chi connectivity index (χ1n) is 11.6. The van der Waals surface area contributed by atoms with Gasteiger partial charge in [-0.05, 0) is 37.1 Å². The number of hydrogen-bond donors (Lipinski definition) is 1. The van der Waals surface area contributed by atoms with E-state index in [1.165, 1.54) is 25.6 Å². The zero-order chi connectivity index (χ0) is 25.7. The number of ether oxygens (including phenoxy) is 3. The fraction of sp³-hybridized carbons (Fsp3) is 0.346. The van der Waals surface area contributed by atoms with E-state index >= 15 is 0 Å². The van der Waals surface area contributed by atoms with Gasteiger partial charge in [0.2, 0.25) is 5.75 Å². The molecule has 2 amide bonds. The number of hydrogen-bond acceptors (Lipinski definition) is 8. The maximum atomic E-state index is 13.3. The number of carbonyl (C=O) groups excluding carboxylic acids is 2. The average molecular weight is 511 g/mol. The lowest BCUT2D eigenvalue weighted by atomic mass is 9.97. The van der Waals surface area contributed by atoms with Crippen LogP contribution in [0, 0.1) is 0 Å². The van der Waals surface area contributed by atoms with E-state index in [9.17, 15) is 9.59 Å². The fourth-order valence-corrected chi connectivity index (χ4v) is 5.25. The number of nitrogens with zero attached hydrogens (tertiary/aromatic N) is 3. The number of amides is 2. The molecule has 0 saturated carbocycles. The van der Waals surface area contributed by atoms with Crippen LogP contribution < -0.4 is 24.6 Å². The Morgan fingerprint density at radius 2 is 1.69 bits per heavy atom. The van der Waals surface area contributed by atoms with Crippen LogP contribution in [-0.4, -0.2) is 63.2 Å². The van der Waals surface area contributed by atoms with Crippen molar-refractivity contribution in [3.63, 3.8) is 0 Å². The van der Waals surface area contributed by atoms with Gasteiger partial charge in [0.05, 0.1) is 37.6 Å². The Kier molecular flexibility index (Phi) is 7.94. The molecule has 0 aliphatic carbocycles. The second kappa shape index (κ2) is 11.3. The van der Waals surface area contributed by atoms with Crippen molar-refractivity contribution < 1.29 is 23.8 Å². The van der Waals surface area contributed by atoms with Crippen molar-refractivity contribution in [3.05, 3.63) is 64.1 Å². The lowest BCUT2D eigenvalue weighted by Crippen LogP contribution is -2.39. The Bertz CT molecular complexity index is 1210. The highest BCUT2D eigenvalue weighted by molar-refractivity contribution is 7.09. The number of thiazole rings is 1. The third-order valence-electron chi connectivity index (χ3n) is 6.23. The molecule has 1 aliphatic heterocycles. The molecule has 1 aliphatic rings. The van der Waals surface area contributed by atoms with Crippen molar-refractivity contribution in [1.82, 2.24) is 15.3 Å². The Morgan fingerprint density at radius 3 is 2.33 bits per heavy atom. The fourth-order valence-electron chi connectivity index (χ4n) is 4.27. The molecule has 2 heterocycles. The van der Waals surface area contributed by atoms with Gasteiger partial charge in [0.15, 0.2) is 11.5 Å². The molecule has 36 heavy (non-hydrogen) atoms. The molecule has 0 radical (unpaired) electrons. The van der Waals surface area contributed by atoms with Gasteiger partial charge in [-0.15, -0.1) is 11.3 Å². The summed E-state index contributed by atoms with van der Waals surface area (Å²) < 4.78 is 16.2. The van der Waals surface area contributed by atoms with E-state index in [2.05, 4.69) is 10.4 Å². The first-order valence-corrected chi connectivity index (χ1v) is 12.5. The summed E-state index contributed by atoms with van der Waals surface area (Å²) in [7, 11) is 6.36. The molecule has 0 bridgehead atoms. The number of carbonyl (C=O) groups is 2. The van der Waals surface area contributed by atoms with Crippen LogP contribution in [0.3, 0.4) is 0 Å². The van der Waals surface area contributed by atoms with Gasteiger partial charge in [0.25, 0.3) is 11.8 Å². The van der Waals surface area contributed by atoms with Crippen LogP contribution in [-0.2, 0) is 0 Å². The highest BCUT2D eigenvalue weighted by Crippen LogP contribution is 2.40. The number of aromatic nitrogens is 1. The van der Waals surface area contributed by atoms with Crippen LogP contribution in [0.4, 0.5) is 5.69 Å². The van der Waals surface area contributed by atoms with E-state index < -0.39 is 0 Å². The molecule has 1 saturated heterocycles. The van der Waals surface area contributed by atoms with Gasteiger partial charge in [0.1, 0.15) is 5.69 Å². The van der Waals surface area contributed by atoms with Crippen LogP contribution in [0.25, 0.3) is 0 Å². The monoisotopic (exact) mass is 510 g/mol. The molecular weight excluding hydrogens is 480 g/mol. The van der Waals surface area contributed by atoms with Gasteiger partial charge in [-0.1, -0.05) is 18.2 Å². The molecule has 0 atom stereocenters. The molecule has 3 aromatic rings. The van der Waals surface area contributed by atoms with Crippen molar-refractivity contribution in [2.24, 2.45) is 0 Å². The standard InChI is InChI=1S/C26H30N4O5S/c1-29(18-8-6-5-7-9-18)28-24(31)20-16-36-25(27-20)17-12-14-30(15-13-17)26(32)19-10-11-21(33-2)23(35-4)22(19)34-3/h5-11,16-17H,12-15H2,1-4H3,(H,28,31). The van der Waals surface area contributed by atoms with Crippen molar-refractivity contribution >= 4 is 28.8 Å². The van der Waals surface area contributed by atoms with Crippen molar-refractivity contribution in [2.45, 2.75) is 18.8 Å². The molecular formula is C26H30N4O5S. The number of methoxy groups -OCH3 is 3. The van der Waals surface area contributed by atoms with Gasteiger partial charge in [-0.25, -0.2) is 4.98 Å². The van der Waals surface area contributed by atoms with Crippen LogP contribution in [0.1, 0.15) is 44.6 Å². The largest absolute Gasteiger partial charge is 0.493 e. The number of anilines is 1. The summed E-state index contributed by atoms with van der Waals surface area (Å²) in [5.74, 6) is 1.08. The third kappa shape index (κ3) is 5.23. The summed E-state index contributed by atoms with van der Waals surface area (Å²) >= 11 is 1.48. The predicted molar refractivity (Wildman–Crippen MR) is 138 cm³/mol. The Hall–Kier alpha value is -3.79. The van der Waals surface area contributed by atoms with Crippen LogP contribution >= 0.6 is 11.3 Å². The Labute approximate surface area is 214 Å². The van der Waals surface area contributed by atoms with E-state index in [4.69, 9.17) is 14.2 Å². The maximum Gasteiger partial charge on any atom is 0.289 e. The number of para-hydroxylation sites is 1. The quantitative estimate of drug-likeness (QED) is 0.459. The molecule has 1 N–H and O–H groups in total. The van der Waals surface area contributed by atoms with Gasteiger partial charge < -0.3 is 19.1 Å². The molecule has 9 nitrogen and oxygen atoms in total. The molecule has 2 aromatic carbocycles. The zero-order valence-electron chi connectivity index (χ0n) is 20.8. The highest BCUT2D eigenvalue weighted by Gasteiger charge is 2.30. The van der Waals surface area contributed by atoms with E-state index in [1.54, 1.807) is 36.7 Å². The van der Waals surface area contributed by atoms with Gasteiger partial charge in [0, 0.05) is 31.4 Å². The molecule has 190 valence electrons. The van der Waals surface area contributed by atoms with Crippen LogP contribution in [0.5, 0.6) is 17.2 Å². The number of nitrogens with one attached hydrogen (secondary N) is 1. The first-order chi connectivity index (χ1) is 17.5. The summed E-state index contributed by atoms with van der Waals surface area (Å²) in [6.45, 7) is 1.16. The minimum Gasteiger partial charge on any atom is -0.493 e. The summed E-state index contributed by atoms with van der Waals surface area (Å²) in [6, 6.07) is 13.0. The smallest absolute Gasteiger partial charge is 0.289 e. The topological polar surface area (TPSA) is 93.2 Å². The first kappa shape index (κ1) is 25.3. The minimum atomic E-state index is -0.253. The average Bonchev–Trinajstić information content (AvgIpc) is 3.43. The minimum absolute atomic E-state index is 0.116. The number of piperidine rings is 1. The second-order valence-electron chi connectivity index (χ2n) is 8.35.